The van der Waals surface area contributed by atoms with Crippen LogP contribution in [0.25, 0.3) is 0 Å². The van der Waals surface area contributed by atoms with Crippen molar-refractivity contribution in [3.05, 3.63) is 58.1 Å². The summed E-state index contributed by atoms with van der Waals surface area (Å²) in [5.74, 6) is 4.65. The molecule has 0 spiro atoms. The van der Waals surface area contributed by atoms with Gasteiger partial charge in [0.25, 0.3) is 0 Å². The third-order valence-corrected chi connectivity index (χ3v) is 13.0. The van der Waals surface area contributed by atoms with E-state index in [1.165, 1.54) is 0 Å². The molecule has 0 aromatic heterocycles. The topological polar surface area (TPSA) is 49.0 Å². The summed E-state index contributed by atoms with van der Waals surface area (Å²) in [6, 6.07) is 14.4. The summed E-state index contributed by atoms with van der Waals surface area (Å²) >= 11 is 3.68. The standard InChI is InChI=1S/C29H38BrNO4Si/c1-7-21-13-26(32-18-20-11-9-8-10-12-20)28(35-36(5,6)29(2,3)4)16-24(21)31-17-22-14-25-27(15-23(22)30)34-19-33-25/h1,8-12,14-15,21,24,26,28,31H,13,16-19H2,2-6H3/t21-,24+,26-,28+/m1/s1. The second kappa shape index (κ2) is 11.3. The summed E-state index contributed by atoms with van der Waals surface area (Å²) < 4.78 is 25.5. The molecule has 1 saturated carbocycles. The molecule has 1 fully saturated rings. The van der Waals surface area contributed by atoms with Crippen LogP contribution in [-0.2, 0) is 22.3 Å². The van der Waals surface area contributed by atoms with Crippen molar-refractivity contribution in [3.8, 4) is 23.8 Å². The van der Waals surface area contributed by atoms with Gasteiger partial charge in [-0.3, -0.25) is 0 Å². The zero-order valence-corrected chi connectivity index (χ0v) is 24.6. The highest BCUT2D eigenvalue weighted by atomic mass is 79.9. The minimum Gasteiger partial charge on any atom is -0.454 e. The number of halogens is 1. The van der Waals surface area contributed by atoms with Crippen LogP contribution < -0.4 is 14.8 Å². The van der Waals surface area contributed by atoms with Gasteiger partial charge in [-0.2, -0.15) is 0 Å². The van der Waals surface area contributed by atoms with E-state index >= 15 is 0 Å². The maximum atomic E-state index is 6.96. The lowest BCUT2D eigenvalue weighted by molar-refractivity contribution is -0.0746. The number of hydrogen-bond donors (Lipinski definition) is 1. The number of fused-ring (bicyclic) bond motifs is 1. The summed E-state index contributed by atoms with van der Waals surface area (Å²) in [6.07, 6.45) is 7.57. The number of terminal acetylenes is 1. The number of hydrogen-bond acceptors (Lipinski definition) is 5. The molecule has 0 unspecified atom stereocenters. The van der Waals surface area contributed by atoms with Crippen molar-refractivity contribution in [1.29, 1.82) is 0 Å². The molecular weight excluding hydrogens is 534 g/mol. The maximum Gasteiger partial charge on any atom is 0.231 e. The average molecular weight is 573 g/mol. The second-order valence-corrected chi connectivity index (χ2v) is 16.9. The molecule has 1 aliphatic carbocycles. The number of rotatable bonds is 8. The highest BCUT2D eigenvalue weighted by molar-refractivity contribution is 9.10. The molecule has 36 heavy (non-hydrogen) atoms. The monoisotopic (exact) mass is 571 g/mol. The fourth-order valence-corrected chi connectivity index (χ4v) is 6.33. The molecule has 0 saturated heterocycles. The Labute approximate surface area is 225 Å². The molecule has 2 aliphatic rings. The number of ether oxygens (including phenoxy) is 3. The first-order valence-electron chi connectivity index (χ1n) is 12.7. The molecule has 1 heterocycles. The molecule has 0 radical (unpaired) electrons. The van der Waals surface area contributed by atoms with Crippen molar-refractivity contribution in [1.82, 2.24) is 5.32 Å². The molecule has 4 rings (SSSR count). The Morgan fingerprint density at radius 2 is 1.78 bits per heavy atom. The van der Waals surface area contributed by atoms with Gasteiger partial charge in [-0.15, -0.1) is 12.3 Å². The van der Waals surface area contributed by atoms with Gasteiger partial charge < -0.3 is 24.0 Å². The van der Waals surface area contributed by atoms with E-state index in [-0.39, 0.29) is 36.0 Å². The van der Waals surface area contributed by atoms with Crippen LogP contribution in [0.5, 0.6) is 11.5 Å². The predicted octanol–water partition coefficient (Wildman–Crippen LogP) is 6.66. The Kier molecular flexibility index (Phi) is 8.53. The minimum atomic E-state index is -2.01. The SMILES string of the molecule is C#C[C@@H]1C[C@@H](OCc2ccccc2)[C@@H](O[Si](C)(C)C(C)(C)C)C[C@@H]1NCc1cc2c(cc1Br)OCO2. The van der Waals surface area contributed by atoms with E-state index in [0.29, 0.717) is 13.2 Å². The normalized spacial score (nSPS) is 23.9. The molecule has 1 aliphatic heterocycles. The number of nitrogens with one attached hydrogen (secondary N) is 1. The summed E-state index contributed by atoms with van der Waals surface area (Å²) in [6.45, 7) is 12.9. The smallest absolute Gasteiger partial charge is 0.231 e. The third kappa shape index (κ3) is 6.35. The maximum absolute atomic E-state index is 6.96. The molecule has 5 nitrogen and oxygen atoms in total. The lowest BCUT2D eigenvalue weighted by atomic mass is 9.81. The van der Waals surface area contributed by atoms with E-state index in [4.69, 9.17) is 25.1 Å². The zero-order chi connectivity index (χ0) is 25.9. The van der Waals surface area contributed by atoms with Crippen LogP contribution in [0.15, 0.2) is 46.9 Å². The molecule has 0 bridgehead atoms. The van der Waals surface area contributed by atoms with Gasteiger partial charge in [0.2, 0.25) is 6.79 Å². The van der Waals surface area contributed by atoms with Gasteiger partial charge in [0.05, 0.1) is 18.8 Å². The molecule has 7 heteroatoms. The van der Waals surface area contributed by atoms with E-state index in [2.05, 4.69) is 73.2 Å². The van der Waals surface area contributed by atoms with Gasteiger partial charge in [0, 0.05) is 23.0 Å². The summed E-state index contributed by atoms with van der Waals surface area (Å²) in [4.78, 5) is 0. The van der Waals surface area contributed by atoms with Crippen molar-refractivity contribution in [3.63, 3.8) is 0 Å². The molecule has 194 valence electrons. The first-order valence-corrected chi connectivity index (χ1v) is 16.4. The predicted molar refractivity (Wildman–Crippen MR) is 150 cm³/mol. The molecule has 0 amide bonds. The molecule has 2 aromatic carbocycles. The van der Waals surface area contributed by atoms with Crippen molar-refractivity contribution in [2.75, 3.05) is 6.79 Å². The number of benzene rings is 2. The fourth-order valence-electron chi connectivity index (χ4n) is 4.51. The van der Waals surface area contributed by atoms with E-state index in [1.54, 1.807) is 0 Å². The van der Waals surface area contributed by atoms with Crippen LogP contribution in [0.4, 0.5) is 0 Å². The van der Waals surface area contributed by atoms with Crippen molar-refractivity contribution in [2.45, 2.75) is 83.1 Å². The Hall–Kier alpha value is -1.82. The van der Waals surface area contributed by atoms with Crippen LogP contribution >= 0.6 is 15.9 Å². The van der Waals surface area contributed by atoms with Gasteiger partial charge in [0.15, 0.2) is 19.8 Å². The first kappa shape index (κ1) is 27.2. The third-order valence-electron chi connectivity index (χ3n) is 7.74. The van der Waals surface area contributed by atoms with Crippen LogP contribution in [0.1, 0.15) is 44.7 Å². The van der Waals surface area contributed by atoms with Crippen LogP contribution in [0, 0.1) is 18.3 Å². The lowest BCUT2D eigenvalue weighted by Crippen LogP contribution is -2.54. The molecule has 4 atom stereocenters. The zero-order valence-electron chi connectivity index (χ0n) is 22.0. The van der Waals surface area contributed by atoms with Gasteiger partial charge in [-0.05, 0) is 54.2 Å². The van der Waals surface area contributed by atoms with Gasteiger partial charge >= 0.3 is 0 Å². The van der Waals surface area contributed by atoms with E-state index < -0.39 is 8.32 Å². The van der Waals surface area contributed by atoms with Crippen molar-refractivity contribution >= 4 is 24.2 Å². The lowest BCUT2D eigenvalue weighted by Gasteiger charge is -2.46. The van der Waals surface area contributed by atoms with E-state index in [0.717, 1.165) is 39.9 Å². The fraction of sp³-hybridized carbons (Fsp3) is 0.517. The van der Waals surface area contributed by atoms with Crippen LogP contribution in [0.2, 0.25) is 18.1 Å². The molecule has 2 aromatic rings. The largest absolute Gasteiger partial charge is 0.454 e. The highest BCUT2D eigenvalue weighted by Crippen LogP contribution is 2.41. The van der Waals surface area contributed by atoms with E-state index in [9.17, 15) is 0 Å². The Bertz CT molecular complexity index is 1080. The Morgan fingerprint density at radius 3 is 2.44 bits per heavy atom. The van der Waals surface area contributed by atoms with Crippen molar-refractivity contribution < 1.29 is 18.6 Å². The summed E-state index contributed by atoms with van der Waals surface area (Å²) in [7, 11) is -2.01. The van der Waals surface area contributed by atoms with Crippen LogP contribution in [0.3, 0.4) is 0 Å². The quantitative estimate of drug-likeness (QED) is 0.283. The van der Waals surface area contributed by atoms with Crippen molar-refractivity contribution in [2.24, 2.45) is 5.92 Å². The second-order valence-electron chi connectivity index (χ2n) is 11.3. The van der Waals surface area contributed by atoms with Gasteiger partial charge in [-0.25, -0.2) is 0 Å². The van der Waals surface area contributed by atoms with E-state index in [1.807, 2.05) is 30.3 Å². The van der Waals surface area contributed by atoms with Gasteiger partial charge in [-0.1, -0.05) is 67.0 Å². The summed E-state index contributed by atoms with van der Waals surface area (Å²) in [5, 5.41) is 3.84. The summed E-state index contributed by atoms with van der Waals surface area (Å²) in [5.41, 5.74) is 2.27. The Balaban J connectivity index is 1.50. The van der Waals surface area contributed by atoms with Crippen LogP contribution in [-0.4, -0.2) is 33.4 Å². The molecular formula is C29H38BrNO4Si. The highest BCUT2D eigenvalue weighted by Gasteiger charge is 2.44. The molecule has 1 N–H and O–H groups in total. The van der Waals surface area contributed by atoms with Gasteiger partial charge in [0.1, 0.15) is 0 Å². The first-order chi connectivity index (χ1) is 17.1. The minimum absolute atomic E-state index is 0.0168. The Morgan fingerprint density at radius 1 is 1.08 bits per heavy atom. The average Bonchev–Trinajstić information content (AvgIpc) is 3.28.